The number of anilines is 1. The normalized spacial score (nSPS) is 16.2. The topological polar surface area (TPSA) is 92.1 Å². The standard InChI is InChI=1S/C15H13F3N6O3S5/c16-15(17,18)27-9-1-3-10(4-2-9)32(25,26)21-11-19-5-6-22(11)14(29)31-24-8-7-23-12(24)20-30-13(23)28/h1-4H,5-8H2,(H,19,21). The number of guanidine groups is 1. The number of sulfonamides is 1. The van der Waals surface area contributed by atoms with Crippen molar-refractivity contribution in [3.63, 3.8) is 0 Å². The molecule has 9 nitrogen and oxygen atoms in total. The first-order valence-corrected chi connectivity index (χ1v) is 12.6. The molecule has 2 aliphatic heterocycles. The zero-order chi connectivity index (χ0) is 23.1. The number of benzene rings is 1. The van der Waals surface area contributed by atoms with Crippen LogP contribution >= 0.6 is 47.9 Å². The molecule has 0 unspecified atom stereocenters. The lowest BCUT2D eigenvalue weighted by Crippen LogP contribution is -2.44. The molecule has 3 heterocycles. The van der Waals surface area contributed by atoms with Crippen LogP contribution in [0, 0.1) is 3.95 Å². The maximum atomic E-state index is 12.7. The lowest BCUT2D eigenvalue weighted by molar-refractivity contribution is -0.274. The predicted octanol–water partition coefficient (Wildman–Crippen LogP) is 2.98. The minimum Gasteiger partial charge on any atom is -0.406 e. The van der Waals surface area contributed by atoms with E-state index in [1.54, 1.807) is 4.90 Å². The Labute approximate surface area is 199 Å². The molecular weight excluding hydrogens is 530 g/mol. The molecule has 17 heteroatoms. The number of alkyl halides is 3. The summed E-state index contributed by atoms with van der Waals surface area (Å²) in [5.74, 6) is 0.195. The SMILES string of the molecule is O=S(=O)(NC1=NCCN1C(=S)SN1CCn2c1nsc2=S)c1ccc(OC(F)(F)F)cc1. The zero-order valence-electron chi connectivity index (χ0n) is 15.8. The van der Waals surface area contributed by atoms with Crippen LogP contribution in [-0.4, -0.2) is 58.5 Å². The number of halogens is 3. The molecule has 0 spiro atoms. The number of fused-ring (bicyclic) bond motifs is 1. The van der Waals surface area contributed by atoms with Crippen molar-refractivity contribution < 1.29 is 26.3 Å². The van der Waals surface area contributed by atoms with E-state index in [2.05, 4.69) is 18.8 Å². The van der Waals surface area contributed by atoms with Crippen LogP contribution in [0.1, 0.15) is 0 Å². The van der Waals surface area contributed by atoms with Crippen LogP contribution in [0.15, 0.2) is 34.2 Å². The van der Waals surface area contributed by atoms with E-state index in [4.69, 9.17) is 24.4 Å². The Balaban J connectivity index is 1.43. The number of aromatic nitrogens is 2. The van der Waals surface area contributed by atoms with Gasteiger partial charge in [-0.2, -0.15) is 4.37 Å². The van der Waals surface area contributed by atoms with Crippen molar-refractivity contribution in [3.05, 3.63) is 28.2 Å². The highest BCUT2D eigenvalue weighted by atomic mass is 32.2. The van der Waals surface area contributed by atoms with E-state index < -0.39 is 22.1 Å². The van der Waals surface area contributed by atoms with Gasteiger partial charge in [0.25, 0.3) is 10.0 Å². The van der Waals surface area contributed by atoms with Crippen LogP contribution in [0.2, 0.25) is 0 Å². The first kappa shape index (κ1) is 23.2. The maximum absolute atomic E-state index is 12.7. The van der Waals surface area contributed by atoms with Gasteiger partial charge >= 0.3 is 6.36 Å². The third kappa shape index (κ3) is 5.00. The number of thiocarbonyl (C=S) groups is 1. The predicted molar refractivity (Wildman–Crippen MR) is 121 cm³/mol. The third-order valence-electron chi connectivity index (χ3n) is 4.26. The fraction of sp³-hybridized carbons (Fsp3) is 0.333. The van der Waals surface area contributed by atoms with E-state index in [9.17, 15) is 21.6 Å². The van der Waals surface area contributed by atoms with Gasteiger partial charge in [0, 0.05) is 25.0 Å². The molecule has 1 N–H and O–H groups in total. The van der Waals surface area contributed by atoms with Gasteiger partial charge < -0.3 is 4.74 Å². The smallest absolute Gasteiger partial charge is 0.406 e. The Morgan fingerprint density at radius 3 is 2.62 bits per heavy atom. The van der Waals surface area contributed by atoms with Crippen LogP contribution in [0.3, 0.4) is 0 Å². The molecule has 0 amide bonds. The molecule has 0 saturated carbocycles. The van der Waals surface area contributed by atoms with E-state index in [1.807, 2.05) is 8.87 Å². The Hall–Kier alpha value is -1.95. The zero-order valence-corrected chi connectivity index (χ0v) is 19.9. The first-order valence-electron chi connectivity index (χ1n) is 8.80. The maximum Gasteiger partial charge on any atom is 0.573 e. The highest BCUT2D eigenvalue weighted by Crippen LogP contribution is 2.30. The Bertz CT molecular complexity index is 1220. The van der Waals surface area contributed by atoms with Crippen LogP contribution in [0.4, 0.5) is 19.1 Å². The van der Waals surface area contributed by atoms with Gasteiger partial charge in [-0.15, -0.1) is 13.2 Å². The second-order valence-corrected chi connectivity index (χ2v) is 11.1. The van der Waals surface area contributed by atoms with Crippen molar-refractivity contribution in [2.75, 3.05) is 23.9 Å². The number of nitrogens with one attached hydrogen (secondary N) is 1. The monoisotopic (exact) mass is 542 g/mol. The largest absolute Gasteiger partial charge is 0.573 e. The number of hydrogen-bond donors (Lipinski definition) is 1. The van der Waals surface area contributed by atoms with E-state index in [1.165, 1.54) is 23.5 Å². The van der Waals surface area contributed by atoms with Crippen molar-refractivity contribution >= 4 is 74.2 Å². The summed E-state index contributed by atoms with van der Waals surface area (Å²) in [5.41, 5.74) is 0. The van der Waals surface area contributed by atoms with Gasteiger partial charge in [-0.25, -0.2) is 13.1 Å². The van der Waals surface area contributed by atoms with Crippen molar-refractivity contribution in [1.82, 2.24) is 18.6 Å². The van der Waals surface area contributed by atoms with E-state index >= 15 is 0 Å². The molecule has 2 aromatic rings. The van der Waals surface area contributed by atoms with E-state index in [-0.39, 0.29) is 10.9 Å². The Morgan fingerprint density at radius 2 is 1.94 bits per heavy atom. The molecule has 1 aromatic carbocycles. The third-order valence-corrected chi connectivity index (χ3v) is 8.07. The fourth-order valence-corrected chi connectivity index (χ4v) is 6.16. The van der Waals surface area contributed by atoms with Gasteiger partial charge in [-0.1, -0.05) is 12.2 Å². The summed E-state index contributed by atoms with van der Waals surface area (Å²) in [6.07, 6.45) is -4.87. The summed E-state index contributed by atoms with van der Waals surface area (Å²) >= 11 is 13.1. The van der Waals surface area contributed by atoms with Crippen molar-refractivity contribution in [1.29, 1.82) is 0 Å². The summed E-state index contributed by atoms with van der Waals surface area (Å²) in [5, 5.41) is 0. The molecule has 0 aliphatic carbocycles. The second-order valence-electron chi connectivity index (χ2n) is 6.34. The van der Waals surface area contributed by atoms with E-state index in [0.717, 1.165) is 24.3 Å². The number of ether oxygens (including phenoxy) is 1. The number of rotatable bonds is 4. The number of hydrogen-bond acceptors (Lipinski definition) is 10. The highest BCUT2D eigenvalue weighted by Gasteiger charge is 2.32. The molecule has 172 valence electrons. The minimum atomic E-state index is -4.87. The second kappa shape index (κ2) is 8.77. The van der Waals surface area contributed by atoms with Crippen LogP contribution in [0.5, 0.6) is 5.75 Å². The van der Waals surface area contributed by atoms with Crippen LogP contribution < -0.4 is 13.8 Å². The average molecular weight is 543 g/mol. The van der Waals surface area contributed by atoms with Gasteiger partial charge in [0.2, 0.25) is 11.9 Å². The summed E-state index contributed by atoms with van der Waals surface area (Å²) in [7, 11) is -4.11. The lowest BCUT2D eigenvalue weighted by atomic mass is 10.3. The lowest BCUT2D eigenvalue weighted by Gasteiger charge is -2.23. The Morgan fingerprint density at radius 1 is 1.22 bits per heavy atom. The summed E-state index contributed by atoms with van der Waals surface area (Å²) in [4.78, 5) is 5.46. The first-order chi connectivity index (χ1) is 15.0. The summed E-state index contributed by atoms with van der Waals surface area (Å²) in [6, 6.07) is 3.85. The molecular formula is C15H13F3N6O3S5. The molecule has 2 aliphatic rings. The van der Waals surface area contributed by atoms with E-state index in [0.29, 0.717) is 40.4 Å². The van der Waals surface area contributed by atoms with Gasteiger partial charge in [0.05, 0.1) is 18.0 Å². The molecule has 1 aromatic heterocycles. The Kier molecular flexibility index (Phi) is 6.36. The molecule has 0 atom stereocenters. The molecule has 0 fully saturated rings. The quantitative estimate of drug-likeness (QED) is 0.463. The summed E-state index contributed by atoms with van der Waals surface area (Å²) in [6.45, 7) is 2.02. The van der Waals surface area contributed by atoms with Gasteiger partial charge in [0.1, 0.15) is 5.75 Å². The highest BCUT2D eigenvalue weighted by molar-refractivity contribution is 8.23. The molecule has 0 saturated heterocycles. The average Bonchev–Trinajstić information content (AvgIpc) is 3.40. The van der Waals surface area contributed by atoms with Gasteiger partial charge in [0.15, 0.2) is 8.27 Å². The molecule has 32 heavy (non-hydrogen) atoms. The molecule has 0 bridgehead atoms. The number of aliphatic imine (C=N–C) groups is 1. The minimum absolute atomic E-state index is 0.0347. The number of nitrogens with zero attached hydrogens (tertiary/aromatic N) is 5. The van der Waals surface area contributed by atoms with Gasteiger partial charge in [-0.05, 0) is 48.0 Å². The molecule has 0 radical (unpaired) electrons. The van der Waals surface area contributed by atoms with Crippen molar-refractivity contribution in [2.24, 2.45) is 4.99 Å². The van der Waals surface area contributed by atoms with Crippen LogP contribution in [-0.2, 0) is 16.6 Å². The van der Waals surface area contributed by atoms with Gasteiger partial charge in [-0.3, -0.25) is 18.8 Å². The fourth-order valence-electron chi connectivity index (χ4n) is 2.86. The van der Waals surface area contributed by atoms with Crippen molar-refractivity contribution in [2.45, 2.75) is 17.8 Å². The summed E-state index contributed by atoms with van der Waals surface area (Å²) < 4.78 is 77.5. The van der Waals surface area contributed by atoms with Crippen molar-refractivity contribution in [3.8, 4) is 5.75 Å². The molecule has 4 rings (SSSR count). The van der Waals surface area contributed by atoms with Crippen LogP contribution in [0.25, 0.3) is 0 Å².